The van der Waals surface area contributed by atoms with Crippen LogP contribution in [0.4, 0.5) is 0 Å². The van der Waals surface area contributed by atoms with Gasteiger partial charge in [-0.2, -0.15) is 0 Å². The van der Waals surface area contributed by atoms with E-state index in [0.29, 0.717) is 34.7 Å². The highest BCUT2D eigenvalue weighted by Crippen LogP contribution is 2.28. The lowest BCUT2D eigenvalue weighted by molar-refractivity contribution is -0.143. The molecule has 8 heteroatoms. The average molecular weight is 530 g/mol. The number of hydrogen-bond acceptors (Lipinski definition) is 3. The Labute approximate surface area is 202 Å². The molecule has 5 nitrogen and oxygen atoms in total. The maximum absolute atomic E-state index is 13.2. The molecule has 0 unspecified atom stereocenters. The standard InChI is InChI=1S/C23H27BrCl2N2O3/c1-4-20(23(30)27-12-15(2)3)28(13-16-7-5-6-8-18(16)25)22(29)14-31-21-10-9-17(24)11-19(21)26/h5-11,15,20H,4,12-14H2,1-3H3,(H,27,30)/t20-/m1/s1. The summed E-state index contributed by atoms with van der Waals surface area (Å²) in [6.07, 6.45) is 0.458. The molecule has 2 aromatic carbocycles. The van der Waals surface area contributed by atoms with Gasteiger partial charge < -0.3 is 15.0 Å². The zero-order chi connectivity index (χ0) is 23.0. The molecule has 0 fully saturated rings. The average Bonchev–Trinajstić information content (AvgIpc) is 2.72. The van der Waals surface area contributed by atoms with Crippen molar-refractivity contribution in [1.82, 2.24) is 10.2 Å². The van der Waals surface area contributed by atoms with E-state index in [2.05, 4.69) is 21.2 Å². The first-order chi connectivity index (χ1) is 14.7. The van der Waals surface area contributed by atoms with Gasteiger partial charge in [0.2, 0.25) is 5.91 Å². The zero-order valence-electron chi connectivity index (χ0n) is 17.8. The van der Waals surface area contributed by atoms with Crippen molar-refractivity contribution >= 4 is 50.9 Å². The van der Waals surface area contributed by atoms with Gasteiger partial charge in [-0.25, -0.2) is 0 Å². The Morgan fingerprint density at radius 3 is 2.45 bits per heavy atom. The first kappa shape index (κ1) is 25.5. The van der Waals surface area contributed by atoms with Crippen molar-refractivity contribution in [2.75, 3.05) is 13.2 Å². The summed E-state index contributed by atoms with van der Waals surface area (Å²) in [6.45, 7) is 6.39. The smallest absolute Gasteiger partial charge is 0.261 e. The van der Waals surface area contributed by atoms with E-state index in [4.69, 9.17) is 27.9 Å². The number of nitrogens with one attached hydrogen (secondary N) is 1. The van der Waals surface area contributed by atoms with Gasteiger partial charge in [-0.05, 0) is 42.2 Å². The molecule has 168 valence electrons. The van der Waals surface area contributed by atoms with E-state index in [9.17, 15) is 9.59 Å². The maximum atomic E-state index is 13.2. The molecule has 0 bridgehead atoms. The molecule has 0 aromatic heterocycles. The van der Waals surface area contributed by atoms with Gasteiger partial charge in [0.25, 0.3) is 5.91 Å². The summed E-state index contributed by atoms with van der Waals surface area (Å²) >= 11 is 15.9. The molecule has 31 heavy (non-hydrogen) atoms. The number of ether oxygens (including phenoxy) is 1. The summed E-state index contributed by atoms with van der Waals surface area (Å²) in [5.74, 6) is 0.175. The molecule has 0 heterocycles. The van der Waals surface area contributed by atoms with Crippen molar-refractivity contribution in [1.29, 1.82) is 0 Å². The van der Waals surface area contributed by atoms with E-state index in [-0.39, 0.29) is 25.0 Å². The van der Waals surface area contributed by atoms with Crippen LogP contribution in [-0.2, 0) is 16.1 Å². The molecule has 1 atom stereocenters. The minimum atomic E-state index is -0.647. The van der Waals surface area contributed by atoms with E-state index in [1.54, 1.807) is 24.3 Å². The molecule has 0 radical (unpaired) electrons. The SMILES string of the molecule is CC[C@H](C(=O)NCC(C)C)N(Cc1ccccc1Cl)C(=O)COc1ccc(Br)cc1Cl. The van der Waals surface area contributed by atoms with Crippen LogP contribution in [0.3, 0.4) is 0 Å². The van der Waals surface area contributed by atoms with Crippen LogP contribution >= 0.6 is 39.1 Å². The van der Waals surface area contributed by atoms with E-state index in [1.165, 1.54) is 4.90 Å². The molecule has 2 amide bonds. The second kappa shape index (κ2) is 12.3. The van der Waals surface area contributed by atoms with Crippen molar-refractivity contribution in [2.45, 2.75) is 39.8 Å². The third-order valence-corrected chi connectivity index (χ3v) is 5.77. The number of hydrogen-bond donors (Lipinski definition) is 1. The topological polar surface area (TPSA) is 58.6 Å². The second-order valence-electron chi connectivity index (χ2n) is 7.54. The van der Waals surface area contributed by atoms with Gasteiger partial charge in [-0.3, -0.25) is 9.59 Å². The lowest BCUT2D eigenvalue weighted by atomic mass is 10.1. The Morgan fingerprint density at radius 2 is 1.84 bits per heavy atom. The fraction of sp³-hybridized carbons (Fsp3) is 0.391. The third kappa shape index (κ3) is 7.70. The number of benzene rings is 2. The highest BCUT2D eigenvalue weighted by Gasteiger charge is 2.29. The molecule has 1 N–H and O–H groups in total. The lowest BCUT2D eigenvalue weighted by Gasteiger charge is -2.31. The molecule has 0 spiro atoms. The van der Waals surface area contributed by atoms with Crippen LogP contribution in [0.25, 0.3) is 0 Å². The molecule has 0 aliphatic heterocycles. The van der Waals surface area contributed by atoms with E-state index < -0.39 is 6.04 Å². The fourth-order valence-electron chi connectivity index (χ4n) is 2.97. The quantitative estimate of drug-likeness (QED) is 0.428. The van der Waals surface area contributed by atoms with Crippen LogP contribution in [-0.4, -0.2) is 35.9 Å². The largest absolute Gasteiger partial charge is 0.482 e. The monoisotopic (exact) mass is 528 g/mol. The number of carbonyl (C=O) groups excluding carboxylic acids is 2. The highest BCUT2D eigenvalue weighted by molar-refractivity contribution is 9.10. The number of amides is 2. The maximum Gasteiger partial charge on any atom is 0.261 e. The van der Waals surface area contributed by atoms with Crippen molar-refractivity contribution in [3.8, 4) is 5.75 Å². The minimum Gasteiger partial charge on any atom is -0.482 e. The summed E-state index contributed by atoms with van der Waals surface area (Å²) < 4.78 is 6.48. The summed E-state index contributed by atoms with van der Waals surface area (Å²) in [6, 6.07) is 11.8. The van der Waals surface area contributed by atoms with Gasteiger partial charge >= 0.3 is 0 Å². The number of halogens is 3. The highest BCUT2D eigenvalue weighted by atomic mass is 79.9. The van der Waals surface area contributed by atoms with Crippen molar-refractivity contribution in [3.63, 3.8) is 0 Å². The van der Waals surface area contributed by atoms with Crippen LogP contribution < -0.4 is 10.1 Å². The molecule has 0 saturated heterocycles. The third-order valence-electron chi connectivity index (χ3n) is 4.61. The predicted molar refractivity (Wildman–Crippen MR) is 129 cm³/mol. The molecule has 0 saturated carbocycles. The fourth-order valence-corrected chi connectivity index (χ4v) is 3.89. The Morgan fingerprint density at radius 1 is 1.13 bits per heavy atom. The molecule has 2 aromatic rings. The van der Waals surface area contributed by atoms with Gasteiger partial charge in [-0.15, -0.1) is 0 Å². The van der Waals surface area contributed by atoms with Crippen LogP contribution in [0.5, 0.6) is 5.75 Å². The first-order valence-electron chi connectivity index (χ1n) is 10.1. The first-order valence-corrected chi connectivity index (χ1v) is 11.7. The number of nitrogens with zero attached hydrogens (tertiary/aromatic N) is 1. The van der Waals surface area contributed by atoms with Gasteiger partial charge in [0.05, 0.1) is 5.02 Å². The van der Waals surface area contributed by atoms with Crippen LogP contribution in [0.2, 0.25) is 10.0 Å². The van der Waals surface area contributed by atoms with Crippen molar-refractivity contribution in [2.24, 2.45) is 5.92 Å². The normalized spacial score (nSPS) is 11.8. The van der Waals surface area contributed by atoms with Crippen molar-refractivity contribution < 1.29 is 14.3 Å². The Balaban J connectivity index is 2.23. The summed E-state index contributed by atoms with van der Waals surface area (Å²) in [4.78, 5) is 27.6. The molecule has 2 rings (SSSR count). The van der Waals surface area contributed by atoms with E-state index in [0.717, 1.165) is 10.0 Å². The van der Waals surface area contributed by atoms with Gasteiger partial charge in [0.15, 0.2) is 6.61 Å². The summed E-state index contributed by atoms with van der Waals surface area (Å²) in [7, 11) is 0. The number of rotatable bonds is 10. The van der Waals surface area contributed by atoms with E-state index in [1.807, 2.05) is 39.0 Å². The van der Waals surface area contributed by atoms with Crippen LogP contribution in [0.1, 0.15) is 32.8 Å². The molecule has 0 aliphatic carbocycles. The summed E-state index contributed by atoms with van der Waals surface area (Å²) in [5.41, 5.74) is 0.759. The Kier molecular flexibility index (Phi) is 10.1. The van der Waals surface area contributed by atoms with Gasteiger partial charge in [0.1, 0.15) is 11.8 Å². The summed E-state index contributed by atoms with van der Waals surface area (Å²) in [5, 5.41) is 3.85. The number of carbonyl (C=O) groups is 2. The second-order valence-corrected chi connectivity index (χ2v) is 9.27. The van der Waals surface area contributed by atoms with Crippen LogP contribution in [0, 0.1) is 5.92 Å². The Bertz CT molecular complexity index is 908. The predicted octanol–water partition coefficient (Wildman–Crippen LogP) is 5.71. The van der Waals surface area contributed by atoms with Gasteiger partial charge in [-0.1, -0.05) is 78.1 Å². The molecule has 0 aliphatic rings. The Hall–Kier alpha value is -1.76. The lowest BCUT2D eigenvalue weighted by Crippen LogP contribution is -2.50. The van der Waals surface area contributed by atoms with Crippen LogP contribution in [0.15, 0.2) is 46.9 Å². The zero-order valence-corrected chi connectivity index (χ0v) is 20.9. The van der Waals surface area contributed by atoms with Gasteiger partial charge in [0, 0.05) is 22.6 Å². The van der Waals surface area contributed by atoms with E-state index >= 15 is 0 Å². The minimum absolute atomic E-state index is 0.196. The van der Waals surface area contributed by atoms with Crippen molar-refractivity contribution in [3.05, 3.63) is 62.5 Å². The molecular weight excluding hydrogens is 503 g/mol. The molecular formula is C23H27BrCl2N2O3.